The molecule has 0 bridgehead atoms. The molecule has 0 aromatic rings. The van der Waals surface area contributed by atoms with Crippen LogP contribution in [0.15, 0.2) is 11.1 Å². The first-order chi connectivity index (χ1) is 5.27. The molecule has 0 radical (unpaired) electrons. The van der Waals surface area contributed by atoms with E-state index in [1.165, 1.54) is 25.7 Å². The van der Waals surface area contributed by atoms with E-state index in [4.69, 9.17) is 11.6 Å². The number of halogens is 1. The standard InChI is InChI=1S/C10H15Cl/c1-7(8-2-3-8)6-10(11)9-4-5-9/h6-9H,2-5H2,1H3/b10-6+. The van der Waals surface area contributed by atoms with Gasteiger partial charge in [-0.2, -0.15) is 0 Å². The van der Waals surface area contributed by atoms with Crippen molar-refractivity contribution in [1.82, 2.24) is 0 Å². The van der Waals surface area contributed by atoms with Crippen molar-refractivity contribution in [2.45, 2.75) is 32.6 Å². The molecule has 1 heteroatoms. The van der Waals surface area contributed by atoms with E-state index in [0.29, 0.717) is 0 Å². The summed E-state index contributed by atoms with van der Waals surface area (Å²) < 4.78 is 0. The average molecular weight is 171 g/mol. The predicted octanol–water partition coefficient (Wildman–Crippen LogP) is 3.57. The Balaban J connectivity index is 1.88. The summed E-state index contributed by atoms with van der Waals surface area (Å²) in [6, 6.07) is 0. The fraction of sp³-hybridized carbons (Fsp3) is 0.800. The van der Waals surface area contributed by atoms with Gasteiger partial charge in [-0.25, -0.2) is 0 Å². The van der Waals surface area contributed by atoms with Crippen LogP contribution in [0.3, 0.4) is 0 Å². The van der Waals surface area contributed by atoms with E-state index in [1.807, 2.05) is 0 Å². The Kier molecular flexibility index (Phi) is 1.97. The molecule has 11 heavy (non-hydrogen) atoms. The van der Waals surface area contributed by atoms with E-state index < -0.39 is 0 Å². The summed E-state index contributed by atoms with van der Waals surface area (Å²) >= 11 is 6.11. The summed E-state index contributed by atoms with van der Waals surface area (Å²) in [6.45, 7) is 2.29. The summed E-state index contributed by atoms with van der Waals surface area (Å²) in [5.74, 6) is 2.45. The number of allylic oxidation sites excluding steroid dienone is 2. The SMILES string of the molecule is CC(/C=C(/Cl)C1CC1)C1CC1. The summed E-state index contributed by atoms with van der Waals surface area (Å²) in [7, 11) is 0. The summed E-state index contributed by atoms with van der Waals surface area (Å²) in [6.07, 6.45) is 7.79. The molecule has 2 aliphatic rings. The molecule has 0 nitrogen and oxygen atoms in total. The van der Waals surface area contributed by atoms with Gasteiger partial charge in [0.15, 0.2) is 0 Å². The highest BCUT2D eigenvalue weighted by molar-refractivity contribution is 6.30. The van der Waals surface area contributed by atoms with Gasteiger partial charge in [-0.15, -0.1) is 0 Å². The topological polar surface area (TPSA) is 0 Å². The molecule has 2 fully saturated rings. The zero-order chi connectivity index (χ0) is 7.84. The first-order valence-electron chi connectivity index (χ1n) is 4.64. The molecule has 0 saturated heterocycles. The first-order valence-corrected chi connectivity index (χ1v) is 5.02. The molecule has 0 spiro atoms. The zero-order valence-electron chi connectivity index (χ0n) is 7.02. The maximum Gasteiger partial charge on any atom is 0.0174 e. The highest BCUT2D eigenvalue weighted by Crippen LogP contribution is 2.42. The molecule has 0 aliphatic heterocycles. The van der Waals surface area contributed by atoms with Gasteiger partial charge < -0.3 is 0 Å². The molecule has 2 aliphatic carbocycles. The van der Waals surface area contributed by atoms with E-state index in [0.717, 1.165) is 22.8 Å². The van der Waals surface area contributed by atoms with Crippen molar-refractivity contribution in [3.8, 4) is 0 Å². The van der Waals surface area contributed by atoms with Crippen molar-refractivity contribution >= 4 is 11.6 Å². The van der Waals surface area contributed by atoms with Gasteiger partial charge in [0.05, 0.1) is 0 Å². The normalized spacial score (nSPS) is 28.7. The second-order valence-corrected chi connectivity index (χ2v) is 4.46. The van der Waals surface area contributed by atoms with Gasteiger partial charge in [-0.3, -0.25) is 0 Å². The van der Waals surface area contributed by atoms with E-state index >= 15 is 0 Å². The van der Waals surface area contributed by atoms with Gasteiger partial charge in [0.25, 0.3) is 0 Å². The monoisotopic (exact) mass is 170 g/mol. The molecule has 0 heterocycles. The van der Waals surface area contributed by atoms with Gasteiger partial charge in [0.2, 0.25) is 0 Å². The fourth-order valence-electron chi connectivity index (χ4n) is 1.50. The van der Waals surface area contributed by atoms with Crippen molar-refractivity contribution in [2.24, 2.45) is 17.8 Å². The predicted molar refractivity (Wildman–Crippen MR) is 48.5 cm³/mol. The van der Waals surface area contributed by atoms with Crippen LogP contribution < -0.4 is 0 Å². The maximum absolute atomic E-state index is 6.11. The fourth-order valence-corrected chi connectivity index (χ4v) is 1.92. The lowest BCUT2D eigenvalue weighted by Gasteiger charge is -2.03. The third-order valence-corrected chi connectivity index (χ3v) is 3.19. The molecule has 2 rings (SSSR count). The second-order valence-electron chi connectivity index (χ2n) is 4.02. The van der Waals surface area contributed by atoms with Crippen LogP contribution in [-0.4, -0.2) is 0 Å². The molecule has 2 saturated carbocycles. The van der Waals surface area contributed by atoms with Gasteiger partial charge in [-0.1, -0.05) is 24.6 Å². The number of hydrogen-bond donors (Lipinski definition) is 0. The molecule has 62 valence electrons. The Morgan fingerprint density at radius 1 is 1.36 bits per heavy atom. The molecular weight excluding hydrogens is 156 g/mol. The molecule has 0 aromatic heterocycles. The average Bonchev–Trinajstić information content (AvgIpc) is 2.84. The van der Waals surface area contributed by atoms with Crippen LogP contribution in [-0.2, 0) is 0 Å². The van der Waals surface area contributed by atoms with Crippen LogP contribution in [0.2, 0.25) is 0 Å². The lowest BCUT2D eigenvalue weighted by molar-refractivity contribution is 0.623. The third-order valence-electron chi connectivity index (χ3n) is 2.76. The highest BCUT2D eigenvalue weighted by Gasteiger charge is 2.29. The van der Waals surface area contributed by atoms with Crippen molar-refractivity contribution < 1.29 is 0 Å². The quantitative estimate of drug-likeness (QED) is 0.608. The summed E-state index contributed by atoms with van der Waals surface area (Å²) in [4.78, 5) is 0. The van der Waals surface area contributed by atoms with Crippen molar-refractivity contribution in [2.75, 3.05) is 0 Å². The molecule has 0 amide bonds. The highest BCUT2D eigenvalue weighted by atomic mass is 35.5. The molecule has 0 N–H and O–H groups in total. The Morgan fingerprint density at radius 3 is 2.45 bits per heavy atom. The van der Waals surface area contributed by atoms with Crippen LogP contribution in [0.4, 0.5) is 0 Å². The lowest BCUT2D eigenvalue weighted by Crippen LogP contribution is -1.92. The molecular formula is C10H15Cl. The smallest absolute Gasteiger partial charge is 0.0174 e. The van der Waals surface area contributed by atoms with E-state index in [9.17, 15) is 0 Å². The van der Waals surface area contributed by atoms with Crippen LogP contribution in [0, 0.1) is 17.8 Å². The van der Waals surface area contributed by atoms with Crippen LogP contribution in [0.5, 0.6) is 0 Å². The van der Waals surface area contributed by atoms with Crippen LogP contribution in [0.1, 0.15) is 32.6 Å². The second kappa shape index (κ2) is 2.82. The summed E-state index contributed by atoms with van der Waals surface area (Å²) in [5.41, 5.74) is 0. The van der Waals surface area contributed by atoms with E-state index in [-0.39, 0.29) is 0 Å². The Hall–Kier alpha value is 0.0300. The molecule has 1 unspecified atom stereocenters. The van der Waals surface area contributed by atoms with Gasteiger partial charge >= 0.3 is 0 Å². The molecule has 1 atom stereocenters. The van der Waals surface area contributed by atoms with Crippen LogP contribution in [0.25, 0.3) is 0 Å². The number of rotatable bonds is 3. The summed E-state index contributed by atoms with van der Waals surface area (Å²) in [5, 5.41) is 1.14. The molecule has 0 aromatic carbocycles. The van der Waals surface area contributed by atoms with E-state index in [2.05, 4.69) is 13.0 Å². The van der Waals surface area contributed by atoms with Crippen LogP contribution >= 0.6 is 11.6 Å². The minimum atomic E-state index is 0.739. The lowest BCUT2D eigenvalue weighted by atomic mass is 10.1. The van der Waals surface area contributed by atoms with E-state index in [1.54, 1.807) is 0 Å². The van der Waals surface area contributed by atoms with Gasteiger partial charge in [0, 0.05) is 5.03 Å². The minimum Gasteiger partial charge on any atom is -0.0892 e. The third kappa shape index (κ3) is 1.99. The zero-order valence-corrected chi connectivity index (χ0v) is 7.77. The van der Waals surface area contributed by atoms with Crippen molar-refractivity contribution in [1.29, 1.82) is 0 Å². The maximum atomic E-state index is 6.11. The Labute approximate surface area is 73.6 Å². The number of hydrogen-bond acceptors (Lipinski definition) is 0. The Morgan fingerprint density at radius 2 is 2.00 bits per heavy atom. The van der Waals surface area contributed by atoms with Crippen molar-refractivity contribution in [3.05, 3.63) is 11.1 Å². The minimum absolute atomic E-state index is 0.739. The first kappa shape index (κ1) is 7.67. The van der Waals surface area contributed by atoms with Gasteiger partial charge in [-0.05, 0) is 43.4 Å². The van der Waals surface area contributed by atoms with Gasteiger partial charge in [0.1, 0.15) is 0 Å². The van der Waals surface area contributed by atoms with Crippen molar-refractivity contribution in [3.63, 3.8) is 0 Å². The Bertz CT molecular complexity index is 175. The largest absolute Gasteiger partial charge is 0.0892 e.